The van der Waals surface area contributed by atoms with Gasteiger partial charge in [-0.1, -0.05) is 17.4 Å². The van der Waals surface area contributed by atoms with Gasteiger partial charge >= 0.3 is 0 Å². The molecule has 26 heavy (non-hydrogen) atoms. The summed E-state index contributed by atoms with van der Waals surface area (Å²) in [6.45, 7) is 3.42. The van der Waals surface area contributed by atoms with Gasteiger partial charge in [0.05, 0.1) is 11.7 Å². The lowest BCUT2D eigenvalue weighted by molar-refractivity contribution is 0.0519. The van der Waals surface area contributed by atoms with Crippen molar-refractivity contribution < 1.29 is 9.53 Å². The Morgan fingerprint density at radius 3 is 2.77 bits per heavy atom. The van der Waals surface area contributed by atoms with E-state index in [1.54, 1.807) is 11.3 Å². The molecule has 136 valence electrons. The van der Waals surface area contributed by atoms with Crippen LogP contribution in [-0.2, 0) is 4.74 Å². The molecule has 1 atom stereocenters. The molecule has 1 unspecified atom stereocenters. The smallest absolute Gasteiger partial charge is 0.263 e. The van der Waals surface area contributed by atoms with Crippen molar-refractivity contribution in [3.05, 3.63) is 57.5 Å². The van der Waals surface area contributed by atoms with Gasteiger partial charge in [0.1, 0.15) is 4.88 Å². The number of thiazole rings is 1. The average molecular weight is 388 g/mol. The van der Waals surface area contributed by atoms with Crippen LogP contribution in [0.5, 0.6) is 0 Å². The van der Waals surface area contributed by atoms with Gasteiger partial charge in [0.2, 0.25) is 0 Å². The van der Waals surface area contributed by atoms with E-state index in [1.807, 2.05) is 42.1 Å². The molecule has 3 aromatic rings. The third-order valence-corrected chi connectivity index (χ3v) is 6.82. The predicted molar refractivity (Wildman–Crippen MR) is 104 cm³/mol. The second-order valence-electron chi connectivity index (χ2n) is 6.42. The van der Waals surface area contributed by atoms with Crippen molar-refractivity contribution in [1.82, 2.24) is 14.9 Å². The molecule has 4 rings (SSSR count). The van der Waals surface area contributed by atoms with Crippen LogP contribution in [0.4, 0.5) is 0 Å². The van der Waals surface area contributed by atoms with Crippen molar-refractivity contribution in [1.29, 1.82) is 0 Å². The maximum absolute atomic E-state index is 13.0. The first-order valence-corrected chi connectivity index (χ1v) is 10.4. The van der Waals surface area contributed by atoms with Crippen LogP contribution in [-0.4, -0.2) is 28.7 Å². The van der Waals surface area contributed by atoms with E-state index in [4.69, 9.17) is 4.74 Å². The number of nitrogens with one attached hydrogen (secondary N) is 1. The maximum atomic E-state index is 13.0. The molecule has 1 aliphatic rings. The molecule has 0 spiro atoms. The number of rotatable bonds is 5. The zero-order valence-corrected chi connectivity index (χ0v) is 16.2. The molecule has 1 N–H and O–H groups in total. The Bertz CT molecular complexity index is 850. The third kappa shape index (κ3) is 3.60. The van der Waals surface area contributed by atoms with Crippen LogP contribution in [0.3, 0.4) is 0 Å². The lowest BCUT2D eigenvalue weighted by Gasteiger charge is -2.30. The lowest BCUT2D eigenvalue weighted by Crippen LogP contribution is -2.35. The van der Waals surface area contributed by atoms with E-state index in [2.05, 4.69) is 21.7 Å². The standard InChI is InChI=1S/C19H21N3O2S2/c1-13-17(26-19(20-13)22-8-2-3-9-22)18(23)21-16(15-5-4-12-25-15)14-6-10-24-11-7-14/h2-5,8-9,12,14,16H,6-7,10-11H2,1H3,(H,21,23). The molecule has 1 aliphatic heterocycles. The molecule has 1 amide bonds. The van der Waals surface area contributed by atoms with Gasteiger partial charge in [-0.3, -0.25) is 4.79 Å². The van der Waals surface area contributed by atoms with Crippen LogP contribution in [0.1, 0.15) is 39.1 Å². The normalized spacial score (nSPS) is 16.5. The SMILES string of the molecule is Cc1nc(-n2cccc2)sc1C(=O)NC(c1cccs1)C1CCOCC1. The molecule has 0 bridgehead atoms. The van der Waals surface area contributed by atoms with Gasteiger partial charge in [-0.2, -0.15) is 0 Å². The maximum Gasteiger partial charge on any atom is 0.263 e. The molecular weight excluding hydrogens is 366 g/mol. The molecule has 1 saturated heterocycles. The number of carbonyl (C=O) groups is 1. The first-order valence-electron chi connectivity index (χ1n) is 8.75. The van der Waals surface area contributed by atoms with Crippen LogP contribution in [0.25, 0.3) is 5.13 Å². The fraction of sp³-hybridized carbons (Fsp3) is 0.368. The molecule has 5 nitrogen and oxygen atoms in total. The number of aromatic nitrogens is 2. The van der Waals surface area contributed by atoms with Gasteiger partial charge in [0.25, 0.3) is 5.91 Å². The van der Waals surface area contributed by atoms with E-state index >= 15 is 0 Å². The highest BCUT2D eigenvalue weighted by molar-refractivity contribution is 7.16. The van der Waals surface area contributed by atoms with Gasteiger partial charge < -0.3 is 14.6 Å². The Hall–Kier alpha value is -1.96. The summed E-state index contributed by atoms with van der Waals surface area (Å²) in [4.78, 5) is 19.5. The van der Waals surface area contributed by atoms with E-state index in [9.17, 15) is 4.79 Å². The summed E-state index contributed by atoms with van der Waals surface area (Å²) >= 11 is 3.13. The van der Waals surface area contributed by atoms with Crippen LogP contribution in [0.15, 0.2) is 42.0 Å². The summed E-state index contributed by atoms with van der Waals surface area (Å²) in [5.74, 6) is 0.367. The van der Waals surface area contributed by atoms with E-state index in [0.717, 1.165) is 36.9 Å². The van der Waals surface area contributed by atoms with Crippen molar-refractivity contribution in [2.45, 2.75) is 25.8 Å². The van der Waals surface area contributed by atoms with Crippen LogP contribution >= 0.6 is 22.7 Å². The van der Waals surface area contributed by atoms with E-state index in [1.165, 1.54) is 16.2 Å². The zero-order chi connectivity index (χ0) is 17.9. The zero-order valence-electron chi connectivity index (χ0n) is 14.6. The molecular formula is C19H21N3O2S2. The number of ether oxygens (including phenoxy) is 1. The van der Waals surface area contributed by atoms with Gasteiger partial charge in [0, 0.05) is 30.5 Å². The number of hydrogen-bond acceptors (Lipinski definition) is 5. The second-order valence-corrected chi connectivity index (χ2v) is 8.37. The molecule has 0 radical (unpaired) electrons. The van der Waals surface area contributed by atoms with E-state index < -0.39 is 0 Å². The fourth-order valence-corrected chi connectivity index (χ4v) is 5.12. The van der Waals surface area contributed by atoms with Crippen molar-refractivity contribution in [3.8, 4) is 5.13 Å². The largest absolute Gasteiger partial charge is 0.381 e. The Kier molecular flexibility index (Phi) is 5.19. The highest BCUT2D eigenvalue weighted by atomic mass is 32.1. The van der Waals surface area contributed by atoms with E-state index in [-0.39, 0.29) is 11.9 Å². The Labute approximate surface area is 160 Å². The molecule has 7 heteroatoms. The number of amides is 1. The van der Waals surface area contributed by atoms with Crippen molar-refractivity contribution in [2.75, 3.05) is 13.2 Å². The number of carbonyl (C=O) groups excluding carboxylic acids is 1. The monoisotopic (exact) mass is 387 g/mol. The average Bonchev–Trinajstić information content (AvgIpc) is 3.41. The summed E-state index contributed by atoms with van der Waals surface area (Å²) in [5.41, 5.74) is 0.771. The lowest BCUT2D eigenvalue weighted by atomic mass is 9.90. The summed E-state index contributed by atoms with van der Waals surface area (Å²) in [5, 5.41) is 6.16. The minimum Gasteiger partial charge on any atom is -0.381 e. The summed E-state index contributed by atoms with van der Waals surface area (Å²) in [6.07, 6.45) is 5.82. The Morgan fingerprint density at radius 2 is 2.08 bits per heavy atom. The summed E-state index contributed by atoms with van der Waals surface area (Å²) < 4.78 is 7.43. The predicted octanol–water partition coefficient (Wildman–Crippen LogP) is 4.20. The summed E-state index contributed by atoms with van der Waals surface area (Å²) in [6, 6.07) is 8.09. The Morgan fingerprint density at radius 1 is 1.31 bits per heavy atom. The Balaban J connectivity index is 1.57. The van der Waals surface area contributed by atoms with Gasteiger partial charge in [0.15, 0.2) is 5.13 Å². The van der Waals surface area contributed by atoms with Crippen molar-refractivity contribution in [3.63, 3.8) is 0 Å². The van der Waals surface area contributed by atoms with Gasteiger partial charge in [-0.25, -0.2) is 4.98 Å². The minimum atomic E-state index is -0.0386. The molecule has 1 fully saturated rings. The number of nitrogens with zero attached hydrogens (tertiary/aromatic N) is 2. The molecule has 0 saturated carbocycles. The number of thiophene rings is 1. The first-order chi connectivity index (χ1) is 12.7. The first kappa shape index (κ1) is 17.5. The van der Waals surface area contributed by atoms with Crippen LogP contribution in [0, 0.1) is 12.8 Å². The summed E-state index contributed by atoms with van der Waals surface area (Å²) in [7, 11) is 0. The second kappa shape index (κ2) is 7.73. The molecule has 0 aromatic carbocycles. The quantitative estimate of drug-likeness (QED) is 0.714. The van der Waals surface area contributed by atoms with Crippen LogP contribution in [0.2, 0.25) is 0 Å². The highest BCUT2D eigenvalue weighted by Crippen LogP contribution is 2.33. The van der Waals surface area contributed by atoms with Crippen molar-refractivity contribution in [2.24, 2.45) is 5.92 Å². The topological polar surface area (TPSA) is 56.2 Å². The molecule has 3 aromatic heterocycles. The number of hydrogen-bond donors (Lipinski definition) is 1. The van der Waals surface area contributed by atoms with Crippen LogP contribution < -0.4 is 5.32 Å². The minimum absolute atomic E-state index is 0.0305. The molecule has 4 heterocycles. The third-order valence-electron chi connectivity index (χ3n) is 4.69. The fourth-order valence-electron chi connectivity index (χ4n) is 3.31. The highest BCUT2D eigenvalue weighted by Gasteiger charge is 2.29. The van der Waals surface area contributed by atoms with Gasteiger partial charge in [-0.15, -0.1) is 11.3 Å². The van der Waals surface area contributed by atoms with Crippen molar-refractivity contribution >= 4 is 28.6 Å². The number of aryl methyl sites for hydroxylation is 1. The van der Waals surface area contributed by atoms with E-state index in [0.29, 0.717) is 10.8 Å². The van der Waals surface area contributed by atoms with Gasteiger partial charge in [-0.05, 0) is 49.3 Å². The molecule has 0 aliphatic carbocycles.